The van der Waals surface area contributed by atoms with Crippen LogP contribution < -0.4 is 5.56 Å². The van der Waals surface area contributed by atoms with Crippen molar-refractivity contribution in [3.8, 4) is 0 Å². The minimum atomic E-state index is 0.0899. The third kappa shape index (κ3) is 3.54. The van der Waals surface area contributed by atoms with E-state index in [4.69, 9.17) is 0 Å². The van der Waals surface area contributed by atoms with Gasteiger partial charge in [0.15, 0.2) is 0 Å². The van der Waals surface area contributed by atoms with Crippen molar-refractivity contribution in [3.05, 3.63) is 34.2 Å². The molecule has 1 unspecified atom stereocenters. The molecule has 0 amide bonds. The molecule has 0 aliphatic heterocycles. The Morgan fingerprint density at radius 2 is 2.07 bits per heavy atom. The Bertz CT molecular complexity index is 329. The highest BCUT2D eigenvalue weighted by Gasteiger charge is 2.12. The average molecular weight is 207 g/mol. The first kappa shape index (κ1) is 12.0. The second-order valence-corrected chi connectivity index (χ2v) is 4.08. The molecule has 1 rings (SSSR count). The first-order chi connectivity index (χ1) is 7.29. The number of H-pyrrole nitrogens is 1. The first-order valence-corrected chi connectivity index (χ1v) is 5.97. The Balaban J connectivity index is 2.79. The van der Waals surface area contributed by atoms with Crippen molar-refractivity contribution in [1.82, 2.24) is 4.98 Å². The molecule has 15 heavy (non-hydrogen) atoms. The normalized spacial score (nSPS) is 12.7. The average Bonchev–Trinajstić information content (AvgIpc) is 2.25. The summed E-state index contributed by atoms with van der Waals surface area (Å²) in [6.45, 7) is 4.37. The predicted molar refractivity (Wildman–Crippen MR) is 64.2 cm³/mol. The molecule has 0 saturated heterocycles. The zero-order chi connectivity index (χ0) is 11.1. The summed E-state index contributed by atoms with van der Waals surface area (Å²) >= 11 is 0. The molecule has 0 fully saturated rings. The van der Waals surface area contributed by atoms with Crippen LogP contribution in [0.3, 0.4) is 0 Å². The van der Waals surface area contributed by atoms with Crippen LogP contribution in [0.25, 0.3) is 0 Å². The van der Waals surface area contributed by atoms with Crippen LogP contribution in [0.15, 0.2) is 23.1 Å². The van der Waals surface area contributed by atoms with Gasteiger partial charge in [0.05, 0.1) is 0 Å². The van der Waals surface area contributed by atoms with Crippen LogP contribution in [-0.2, 0) is 0 Å². The molecule has 1 aromatic heterocycles. The van der Waals surface area contributed by atoms with E-state index in [1.807, 2.05) is 12.1 Å². The van der Waals surface area contributed by atoms with Gasteiger partial charge in [-0.15, -0.1) is 0 Å². The van der Waals surface area contributed by atoms with Gasteiger partial charge in [0.2, 0.25) is 0 Å². The topological polar surface area (TPSA) is 32.9 Å². The molecule has 1 atom stereocenters. The third-order valence-corrected chi connectivity index (χ3v) is 2.83. The summed E-state index contributed by atoms with van der Waals surface area (Å²) in [5, 5.41) is 0. The van der Waals surface area contributed by atoms with Crippen molar-refractivity contribution in [2.45, 2.75) is 51.9 Å². The van der Waals surface area contributed by atoms with Gasteiger partial charge in [0.1, 0.15) is 0 Å². The van der Waals surface area contributed by atoms with Gasteiger partial charge in [-0.2, -0.15) is 0 Å². The monoisotopic (exact) mass is 207 g/mol. The Kier molecular flexibility index (Phi) is 5.16. The molecular formula is C13H21NO. The van der Waals surface area contributed by atoms with Crippen LogP contribution in [-0.4, -0.2) is 4.98 Å². The van der Waals surface area contributed by atoms with Crippen LogP contribution in [0, 0.1) is 0 Å². The molecule has 1 aromatic rings. The summed E-state index contributed by atoms with van der Waals surface area (Å²) < 4.78 is 0. The van der Waals surface area contributed by atoms with E-state index in [9.17, 15) is 4.79 Å². The highest BCUT2D eigenvalue weighted by molar-refractivity contribution is 5.14. The number of unbranched alkanes of at least 4 members (excludes halogenated alkanes) is 1. The Morgan fingerprint density at radius 1 is 1.27 bits per heavy atom. The van der Waals surface area contributed by atoms with Gasteiger partial charge >= 0.3 is 0 Å². The fourth-order valence-corrected chi connectivity index (χ4v) is 2.01. The molecule has 0 saturated carbocycles. The highest BCUT2D eigenvalue weighted by atomic mass is 16.1. The molecule has 0 aliphatic carbocycles. The van der Waals surface area contributed by atoms with Crippen LogP contribution in [0.1, 0.15) is 57.4 Å². The molecule has 0 bridgehead atoms. The third-order valence-electron chi connectivity index (χ3n) is 2.83. The van der Waals surface area contributed by atoms with E-state index in [-0.39, 0.29) is 5.56 Å². The number of pyridine rings is 1. The standard InChI is InChI=1S/C13H21NO/c1-3-5-8-11(7-4-2)12-9-6-10-14-13(12)15/h6,9-11H,3-5,7-8H2,1-2H3,(H,14,15). The number of hydrogen-bond acceptors (Lipinski definition) is 1. The molecule has 0 aliphatic rings. The van der Waals surface area contributed by atoms with E-state index >= 15 is 0 Å². The van der Waals surface area contributed by atoms with E-state index < -0.39 is 0 Å². The van der Waals surface area contributed by atoms with Crippen molar-refractivity contribution in [1.29, 1.82) is 0 Å². The van der Waals surface area contributed by atoms with Gasteiger partial charge < -0.3 is 4.98 Å². The lowest BCUT2D eigenvalue weighted by atomic mass is 9.91. The van der Waals surface area contributed by atoms with Gasteiger partial charge in [0, 0.05) is 11.8 Å². The fourth-order valence-electron chi connectivity index (χ4n) is 2.01. The van der Waals surface area contributed by atoms with Crippen molar-refractivity contribution in [3.63, 3.8) is 0 Å². The minimum absolute atomic E-state index is 0.0899. The van der Waals surface area contributed by atoms with Crippen LogP contribution in [0.4, 0.5) is 0 Å². The van der Waals surface area contributed by atoms with Crippen molar-refractivity contribution in [2.24, 2.45) is 0 Å². The Hall–Kier alpha value is -1.05. The largest absolute Gasteiger partial charge is 0.329 e. The van der Waals surface area contributed by atoms with Gasteiger partial charge in [0.25, 0.3) is 5.56 Å². The molecule has 2 heteroatoms. The van der Waals surface area contributed by atoms with E-state index in [1.165, 1.54) is 12.8 Å². The van der Waals surface area contributed by atoms with E-state index in [0.717, 1.165) is 24.8 Å². The SMILES string of the molecule is CCCCC(CCC)c1ccc[nH]c1=O. The quantitative estimate of drug-likeness (QED) is 0.761. The van der Waals surface area contributed by atoms with Crippen LogP contribution in [0.5, 0.6) is 0 Å². The van der Waals surface area contributed by atoms with Crippen molar-refractivity contribution < 1.29 is 0 Å². The first-order valence-electron chi connectivity index (χ1n) is 5.97. The molecule has 0 spiro atoms. The molecule has 0 aromatic carbocycles. The molecule has 84 valence electrons. The summed E-state index contributed by atoms with van der Waals surface area (Å²) in [5.41, 5.74) is 1.06. The van der Waals surface area contributed by atoms with E-state index in [1.54, 1.807) is 6.20 Å². The second-order valence-electron chi connectivity index (χ2n) is 4.08. The summed E-state index contributed by atoms with van der Waals surface area (Å²) in [5.74, 6) is 0.444. The Morgan fingerprint density at radius 3 is 2.67 bits per heavy atom. The maximum absolute atomic E-state index is 11.6. The smallest absolute Gasteiger partial charge is 0.251 e. The predicted octanol–water partition coefficient (Wildman–Crippen LogP) is 3.45. The second kappa shape index (κ2) is 6.44. The van der Waals surface area contributed by atoms with Crippen molar-refractivity contribution >= 4 is 0 Å². The van der Waals surface area contributed by atoms with Gasteiger partial charge in [-0.1, -0.05) is 39.2 Å². The number of aromatic amines is 1. The zero-order valence-corrected chi connectivity index (χ0v) is 9.75. The molecular weight excluding hydrogens is 186 g/mol. The Labute approximate surface area is 91.7 Å². The number of hydrogen-bond donors (Lipinski definition) is 1. The summed E-state index contributed by atoms with van der Waals surface area (Å²) in [6.07, 6.45) is 7.51. The molecule has 2 nitrogen and oxygen atoms in total. The molecule has 1 heterocycles. The number of aromatic nitrogens is 1. The zero-order valence-electron chi connectivity index (χ0n) is 9.75. The number of rotatable bonds is 6. The van der Waals surface area contributed by atoms with Crippen LogP contribution >= 0.6 is 0 Å². The lowest BCUT2D eigenvalue weighted by Crippen LogP contribution is -2.15. The highest BCUT2D eigenvalue weighted by Crippen LogP contribution is 2.24. The maximum atomic E-state index is 11.6. The molecule has 0 radical (unpaired) electrons. The van der Waals surface area contributed by atoms with E-state index in [2.05, 4.69) is 18.8 Å². The lowest BCUT2D eigenvalue weighted by molar-refractivity contribution is 0.537. The van der Waals surface area contributed by atoms with E-state index in [0.29, 0.717) is 5.92 Å². The van der Waals surface area contributed by atoms with Gasteiger partial charge in [-0.3, -0.25) is 4.79 Å². The lowest BCUT2D eigenvalue weighted by Gasteiger charge is -2.14. The fraction of sp³-hybridized carbons (Fsp3) is 0.615. The summed E-state index contributed by atoms with van der Waals surface area (Å²) in [7, 11) is 0. The molecule has 1 N–H and O–H groups in total. The van der Waals surface area contributed by atoms with Crippen molar-refractivity contribution in [2.75, 3.05) is 0 Å². The van der Waals surface area contributed by atoms with Gasteiger partial charge in [-0.05, 0) is 24.8 Å². The van der Waals surface area contributed by atoms with Gasteiger partial charge in [-0.25, -0.2) is 0 Å². The maximum Gasteiger partial charge on any atom is 0.251 e. The van der Waals surface area contributed by atoms with Crippen LogP contribution in [0.2, 0.25) is 0 Å². The summed E-state index contributed by atoms with van der Waals surface area (Å²) in [6, 6.07) is 3.89. The number of nitrogens with one attached hydrogen (secondary N) is 1. The minimum Gasteiger partial charge on any atom is -0.329 e. The summed E-state index contributed by atoms with van der Waals surface area (Å²) in [4.78, 5) is 14.4.